The quantitative estimate of drug-likeness (QED) is 0.771. The van der Waals surface area contributed by atoms with Gasteiger partial charge in [-0.15, -0.1) is 0 Å². The Kier molecular flexibility index (Phi) is 4.25. The van der Waals surface area contributed by atoms with Gasteiger partial charge in [-0.25, -0.2) is 0 Å². The molecule has 0 unspecified atom stereocenters. The fourth-order valence-electron chi connectivity index (χ4n) is 2.96. The van der Waals surface area contributed by atoms with Crippen LogP contribution >= 0.6 is 0 Å². The third-order valence-corrected chi connectivity index (χ3v) is 3.86. The van der Waals surface area contributed by atoms with Gasteiger partial charge in [-0.3, -0.25) is 0 Å². The molecule has 0 bridgehead atoms. The van der Waals surface area contributed by atoms with Crippen LogP contribution in [0.15, 0.2) is 12.1 Å². The Morgan fingerprint density at radius 2 is 2.06 bits per heavy atom. The lowest BCUT2D eigenvalue weighted by atomic mass is 9.86. The van der Waals surface area contributed by atoms with Crippen LogP contribution in [0.1, 0.15) is 56.8 Å². The van der Waals surface area contributed by atoms with Crippen molar-refractivity contribution >= 4 is 0 Å². The van der Waals surface area contributed by atoms with Gasteiger partial charge in [0.1, 0.15) is 11.8 Å². The van der Waals surface area contributed by atoms with Gasteiger partial charge in [-0.2, -0.15) is 5.26 Å². The van der Waals surface area contributed by atoms with Crippen molar-refractivity contribution in [1.82, 2.24) is 4.57 Å². The molecule has 0 atom stereocenters. The normalized spacial score (nSPS) is 16.9. The SMILES string of the molecule is CCCn1c(C#N)ccc1CC1CCCCC1. The van der Waals surface area contributed by atoms with Gasteiger partial charge in [-0.1, -0.05) is 39.0 Å². The fraction of sp³-hybridized carbons (Fsp3) is 0.667. The van der Waals surface area contributed by atoms with Crippen molar-refractivity contribution in [2.75, 3.05) is 0 Å². The number of rotatable bonds is 4. The van der Waals surface area contributed by atoms with Crippen molar-refractivity contribution in [3.05, 3.63) is 23.5 Å². The fourth-order valence-corrected chi connectivity index (χ4v) is 2.96. The molecule has 0 aromatic carbocycles. The minimum atomic E-state index is 0.831. The molecule has 1 aromatic rings. The molecule has 0 spiro atoms. The largest absolute Gasteiger partial charge is 0.337 e. The van der Waals surface area contributed by atoms with E-state index in [0.717, 1.165) is 24.6 Å². The molecule has 0 radical (unpaired) electrons. The third-order valence-electron chi connectivity index (χ3n) is 3.86. The van der Waals surface area contributed by atoms with Crippen LogP contribution < -0.4 is 0 Å². The molecular formula is C15H22N2. The molecule has 92 valence electrons. The van der Waals surface area contributed by atoms with Gasteiger partial charge in [-0.05, 0) is 30.9 Å². The summed E-state index contributed by atoms with van der Waals surface area (Å²) in [6.07, 6.45) is 9.21. The molecule has 0 N–H and O–H groups in total. The Hall–Kier alpha value is -1.23. The van der Waals surface area contributed by atoms with Crippen molar-refractivity contribution in [1.29, 1.82) is 5.26 Å². The summed E-state index contributed by atoms with van der Waals surface area (Å²) >= 11 is 0. The second kappa shape index (κ2) is 5.91. The highest BCUT2D eigenvalue weighted by Gasteiger charge is 2.16. The Labute approximate surface area is 104 Å². The van der Waals surface area contributed by atoms with E-state index in [0.29, 0.717) is 0 Å². The van der Waals surface area contributed by atoms with Crippen molar-refractivity contribution in [2.45, 2.75) is 58.4 Å². The van der Waals surface area contributed by atoms with E-state index in [4.69, 9.17) is 5.26 Å². The predicted octanol–water partition coefficient (Wildman–Crippen LogP) is 3.89. The number of hydrogen-bond acceptors (Lipinski definition) is 1. The zero-order valence-corrected chi connectivity index (χ0v) is 10.8. The lowest BCUT2D eigenvalue weighted by Gasteiger charge is -2.22. The zero-order chi connectivity index (χ0) is 12.1. The van der Waals surface area contributed by atoms with Crippen LogP contribution in [0.5, 0.6) is 0 Å². The molecule has 2 heteroatoms. The molecule has 1 aliphatic carbocycles. The lowest BCUT2D eigenvalue weighted by Crippen LogP contribution is -2.13. The van der Waals surface area contributed by atoms with Crippen molar-refractivity contribution in [3.63, 3.8) is 0 Å². The topological polar surface area (TPSA) is 28.7 Å². The van der Waals surface area contributed by atoms with Gasteiger partial charge in [0, 0.05) is 12.2 Å². The van der Waals surface area contributed by atoms with Crippen LogP contribution in [-0.2, 0) is 13.0 Å². The molecule has 1 aromatic heterocycles. The van der Waals surface area contributed by atoms with E-state index >= 15 is 0 Å². The van der Waals surface area contributed by atoms with Crippen LogP contribution in [0.25, 0.3) is 0 Å². The van der Waals surface area contributed by atoms with Crippen LogP contribution in [0.2, 0.25) is 0 Å². The summed E-state index contributed by atoms with van der Waals surface area (Å²) in [5.41, 5.74) is 2.20. The molecule has 2 nitrogen and oxygen atoms in total. The van der Waals surface area contributed by atoms with E-state index in [1.807, 2.05) is 6.07 Å². The van der Waals surface area contributed by atoms with Gasteiger partial charge in [0.25, 0.3) is 0 Å². The van der Waals surface area contributed by atoms with E-state index in [2.05, 4.69) is 23.6 Å². The molecule has 0 amide bonds. The molecule has 0 aliphatic heterocycles. The highest BCUT2D eigenvalue weighted by molar-refractivity contribution is 5.27. The third kappa shape index (κ3) is 2.91. The summed E-state index contributed by atoms with van der Waals surface area (Å²) in [6.45, 7) is 3.16. The highest BCUT2D eigenvalue weighted by atomic mass is 15.0. The summed E-state index contributed by atoms with van der Waals surface area (Å²) < 4.78 is 2.22. The second-order valence-electron chi connectivity index (χ2n) is 5.18. The average Bonchev–Trinajstić information content (AvgIpc) is 2.74. The highest BCUT2D eigenvalue weighted by Crippen LogP contribution is 2.27. The van der Waals surface area contributed by atoms with Crippen molar-refractivity contribution < 1.29 is 0 Å². The smallest absolute Gasteiger partial charge is 0.120 e. The maximum Gasteiger partial charge on any atom is 0.120 e. The molecule has 1 saturated carbocycles. The van der Waals surface area contributed by atoms with Gasteiger partial charge in [0.2, 0.25) is 0 Å². The van der Waals surface area contributed by atoms with Crippen LogP contribution in [-0.4, -0.2) is 4.57 Å². The summed E-state index contributed by atoms with van der Waals surface area (Å²) in [5, 5.41) is 9.09. The van der Waals surface area contributed by atoms with Crippen LogP contribution in [0.3, 0.4) is 0 Å². The monoisotopic (exact) mass is 230 g/mol. The van der Waals surface area contributed by atoms with Gasteiger partial charge < -0.3 is 4.57 Å². The first-order valence-electron chi connectivity index (χ1n) is 6.93. The van der Waals surface area contributed by atoms with Crippen molar-refractivity contribution in [3.8, 4) is 6.07 Å². The van der Waals surface area contributed by atoms with Gasteiger partial charge in [0.15, 0.2) is 0 Å². The summed E-state index contributed by atoms with van der Waals surface area (Å²) in [6, 6.07) is 6.44. The van der Waals surface area contributed by atoms with Crippen molar-refractivity contribution in [2.24, 2.45) is 5.92 Å². The van der Waals surface area contributed by atoms with Gasteiger partial charge >= 0.3 is 0 Å². The number of nitrogens with zero attached hydrogens (tertiary/aromatic N) is 2. The maximum absolute atomic E-state index is 9.09. The molecule has 1 heterocycles. The lowest BCUT2D eigenvalue weighted by molar-refractivity contribution is 0.350. The minimum Gasteiger partial charge on any atom is -0.337 e. The minimum absolute atomic E-state index is 0.831. The number of aromatic nitrogens is 1. The van der Waals surface area contributed by atoms with Crippen LogP contribution in [0, 0.1) is 17.2 Å². The molecule has 0 saturated heterocycles. The number of nitriles is 1. The summed E-state index contributed by atoms with van der Waals surface area (Å²) in [4.78, 5) is 0. The first-order chi connectivity index (χ1) is 8.35. The van der Waals surface area contributed by atoms with Gasteiger partial charge in [0.05, 0.1) is 0 Å². The van der Waals surface area contributed by atoms with E-state index in [1.165, 1.54) is 44.2 Å². The Morgan fingerprint density at radius 3 is 2.71 bits per heavy atom. The molecule has 2 rings (SSSR count). The Bertz CT molecular complexity index is 392. The molecular weight excluding hydrogens is 208 g/mol. The molecule has 1 fully saturated rings. The van der Waals surface area contributed by atoms with Crippen LogP contribution in [0.4, 0.5) is 0 Å². The average molecular weight is 230 g/mol. The Morgan fingerprint density at radius 1 is 1.29 bits per heavy atom. The van der Waals surface area contributed by atoms with E-state index in [1.54, 1.807) is 0 Å². The maximum atomic E-state index is 9.09. The standard InChI is InChI=1S/C15H22N2/c1-2-10-17-14(8-9-15(17)12-16)11-13-6-4-3-5-7-13/h8-9,13H,2-7,10-11H2,1H3. The predicted molar refractivity (Wildman–Crippen MR) is 69.7 cm³/mol. The Balaban J connectivity index is 2.09. The summed E-state index contributed by atoms with van der Waals surface area (Å²) in [5.74, 6) is 0.848. The first-order valence-corrected chi connectivity index (χ1v) is 6.93. The zero-order valence-electron chi connectivity index (χ0n) is 10.8. The number of hydrogen-bond donors (Lipinski definition) is 0. The summed E-state index contributed by atoms with van der Waals surface area (Å²) in [7, 11) is 0. The molecule has 1 aliphatic rings. The van der Waals surface area contributed by atoms with E-state index in [-0.39, 0.29) is 0 Å². The second-order valence-corrected chi connectivity index (χ2v) is 5.18. The molecule has 17 heavy (non-hydrogen) atoms. The van der Waals surface area contributed by atoms with E-state index in [9.17, 15) is 0 Å². The van der Waals surface area contributed by atoms with E-state index < -0.39 is 0 Å². The first kappa shape index (κ1) is 12.2.